The molecule has 2 amide bonds. The smallest absolute Gasteiger partial charge is 0.317 e. The van der Waals surface area contributed by atoms with Crippen LogP contribution in [0.2, 0.25) is 0 Å². The Labute approximate surface area is 108 Å². The second kappa shape index (κ2) is 5.88. The largest absolute Gasteiger partial charge is 0.336 e. The molecule has 0 radical (unpaired) electrons. The summed E-state index contributed by atoms with van der Waals surface area (Å²) in [6, 6.07) is -0.105. The van der Waals surface area contributed by atoms with E-state index in [2.05, 4.69) is 10.0 Å². The number of urea groups is 1. The number of nitrogens with one attached hydrogen (secondary N) is 2. The van der Waals surface area contributed by atoms with Crippen molar-refractivity contribution in [1.29, 1.82) is 0 Å². The Balaban J connectivity index is 1.76. The number of rotatable bonds is 5. The Bertz CT molecular complexity index is 390. The van der Waals surface area contributed by atoms with Gasteiger partial charge < -0.3 is 10.2 Å². The summed E-state index contributed by atoms with van der Waals surface area (Å²) in [6.07, 6.45) is 4.67. The van der Waals surface area contributed by atoms with Crippen molar-refractivity contribution in [3.63, 3.8) is 0 Å². The summed E-state index contributed by atoms with van der Waals surface area (Å²) < 4.78 is 26.6. The first-order valence-electron chi connectivity index (χ1n) is 6.61. The van der Waals surface area contributed by atoms with E-state index in [1.807, 2.05) is 0 Å². The molecule has 2 rings (SSSR count). The van der Waals surface area contributed by atoms with Crippen LogP contribution in [0.3, 0.4) is 0 Å². The van der Waals surface area contributed by atoms with Gasteiger partial charge in [0, 0.05) is 26.2 Å². The molecular formula is C11H21N3O3S. The third-order valence-corrected chi connectivity index (χ3v) is 5.58. The number of hydrogen-bond donors (Lipinski definition) is 2. The van der Waals surface area contributed by atoms with Crippen molar-refractivity contribution in [2.75, 3.05) is 26.2 Å². The number of carbonyl (C=O) groups is 1. The summed E-state index contributed by atoms with van der Waals surface area (Å²) in [7, 11) is -3.20. The normalized spacial score (nSPS) is 22.2. The molecule has 104 valence electrons. The monoisotopic (exact) mass is 275 g/mol. The molecule has 1 heterocycles. The van der Waals surface area contributed by atoms with Gasteiger partial charge in [-0.1, -0.05) is 19.3 Å². The van der Waals surface area contributed by atoms with Crippen molar-refractivity contribution < 1.29 is 13.2 Å². The molecule has 0 unspecified atom stereocenters. The molecule has 0 aromatic heterocycles. The van der Waals surface area contributed by atoms with E-state index in [4.69, 9.17) is 0 Å². The van der Waals surface area contributed by atoms with Crippen LogP contribution in [0.25, 0.3) is 0 Å². The maximum atomic E-state index is 12.0. The second-order valence-electron chi connectivity index (χ2n) is 4.92. The lowest BCUT2D eigenvalue weighted by atomic mass is 10.0. The SMILES string of the molecule is O=C1NCCN1CCNS(=O)(=O)C1CCCCC1. The molecule has 0 aromatic carbocycles. The van der Waals surface area contributed by atoms with E-state index in [1.165, 1.54) is 0 Å². The summed E-state index contributed by atoms with van der Waals surface area (Å²) in [5, 5.41) is 2.45. The fourth-order valence-corrected chi connectivity index (χ4v) is 4.11. The molecular weight excluding hydrogens is 254 g/mol. The maximum Gasteiger partial charge on any atom is 0.317 e. The van der Waals surface area contributed by atoms with Crippen molar-refractivity contribution in [1.82, 2.24) is 14.9 Å². The number of sulfonamides is 1. The van der Waals surface area contributed by atoms with Gasteiger partial charge in [0.25, 0.3) is 0 Å². The van der Waals surface area contributed by atoms with E-state index in [1.54, 1.807) is 4.90 Å². The highest BCUT2D eigenvalue weighted by atomic mass is 32.2. The highest BCUT2D eigenvalue weighted by Crippen LogP contribution is 2.22. The Morgan fingerprint density at radius 3 is 2.61 bits per heavy atom. The lowest BCUT2D eigenvalue weighted by Crippen LogP contribution is -2.41. The predicted octanol–water partition coefficient (Wildman–Crippen LogP) is 0.264. The minimum atomic E-state index is -3.20. The molecule has 1 aliphatic heterocycles. The second-order valence-corrected chi connectivity index (χ2v) is 6.96. The molecule has 6 nitrogen and oxygen atoms in total. The van der Waals surface area contributed by atoms with Crippen LogP contribution in [-0.4, -0.2) is 50.8 Å². The van der Waals surface area contributed by atoms with Gasteiger partial charge in [-0.15, -0.1) is 0 Å². The minimum Gasteiger partial charge on any atom is -0.336 e. The highest BCUT2D eigenvalue weighted by Gasteiger charge is 2.27. The van der Waals surface area contributed by atoms with E-state index in [-0.39, 0.29) is 11.3 Å². The zero-order valence-electron chi connectivity index (χ0n) is 10.5. The molecule has 0 aromatic rings. The van der Waals surface area contributed by atoms with Crippen LogP contribution in [0.5, 0.6) is 0 Å². The van der Waals surface area contributed by atoms with Gasteiger partial charge in [0.15, 0.2) is 0 Å². The summed E-state index contributed by atoms with van der Waals surface area (Å²) in [5.74, 6) is 0. The predicted molar refractivity (Wildman–Crippen MR) is 68.8 cm³/mol. The van der Waals surface area contributed by atoms with Crippen LogP contribution in [0, 0.1) is 0 Å². The molecule has 2 N–H and O–H groups in total. The zero-order chi connectivity index (χ0) is 13.0. The minimum absolute atomic E-state index is 0.105. The van der Waals surface area contributed by atoms with Crippen LogP contribution in [0.4, 0.5) is 4.79 Å². The Morgan fingerprint density at radius 2 is 2.00 bits per heavy atom. The average molecular weight is 275 g/mol. The van der Waals surface area contributed by atoms with Crippen molar-refractivity contribution in [2.24, 2.45) is 0 Å². The lowest BCUT2D eigenvalue weighted by molar-refractivity contribution is 0.218. The molecule has 18 heavy (non-hydrogen) atoms. The van der Waals surface area contributed by atoms with Crippen LogP contribution in [0.1, 0.15) is 32.1 Å². The molecule has 1 aliphatic carbocycles. The summed E-state index contributed by atoms with van der Waals surface area (Å²) >= 11 is 0. The van der Waals surface area contributed by atoms with Crippen molar-refractivity contribution in [2.45, 2.75) is 37.4 Å². The van der Waals surface area contributed by atoms with Crippen molar-refractivity contribution in [3.05, 3.63) is 0 Å². The molecule has 1 saturated heterocycles. The van der Waals surface area contributed by atoms with Gasteiger partial charge in [0.2, 0.25) is 10.0 Å². The molecule has 0 bridgehead atoms. The molecule has 7 heteroatoms. The molecule has 2 fully saturated rings. The van der Waals surface area contributed by atoms with E-state index in [0.717, 1.165) is 32.1 Å². The topological polar surface area (TPSA) is 78.5 Å². The first-order valence-corrected chi connectivity index (χ1v) is 8.15. The van der Waals surface area contributed by atoms with Gasteiger partial charge in [-0.25, -0.2) is 17.9 Å². The maximum absolute atomic E-state index is 12.0. The Morgan fingerprint density at radius 1 is 1.28 bits per heavy atom. The first-order chi connectivity index (χ1) is 8.59. The number of amides is 2. The number of hydrogen-bond acceptors (Lipinski definition) is 3. The summed E-state index contributed by atoms with van der Waals surface area (Å²) in [4.78, 5) is 12.9. The Hall–Kier alpha value is -0.820. The van der Waals surface area contributed by atoms with Crippen molar-refractivity contribution >= 4 is 16.1 Å². The third-order valence-electron chi connectivity index (χ3n) is 3.62. The highest BCUT2D eigenvalue weighted by molar-refractivity contribution is 7.90. The van der Waals surface area contributed by atoms with Gasteiger partial charge in [0.1, 0.15) is 0 Å². The Kier molecular flexibility index (Phi) is 4.45. The van der Waals surface area contributed by atoms with E-state index in [0.29, 0.717) is 26.2 Å². The summed E-state index contributed by atoms with van der Waals surface area (Å²) in [5.41, 5.74) is 0. The first kappa shape index (κ1) is 13.6. The number of carbonyl (C=O) groups excluding carboxylic acids is 1. The van der Waals surface area contributed by atoms with E-state index >= 15 is 0 Å². The third kappa shape index (κ3) is 3.35. The fraction of sp³-hybridized carbons (Fsp3) is 0.909. The summed E-state index contributed by atoms with van der Waals surface area (Å²) in [6.45, 7) is 2.06. The van der Waals surface area contributed by atoms with Crippen molar-refractivity contribution in [3.8, 4) is 0 Å². The standard InChI is InChI=1S/C11H21N3O3S/c15-11-12-6-8-14(11)9-7-13-18(16,17)10-4-2-1-3-5-10/h10,13H,1-9H2,(H,12,15). The molecule has 0 spiro atoms. The fourth-order valence-electron chi connectivity index (χ4n) is 2.54. The van der Waals surface area contributed by atoms with Crippen LogP contribution in [-0.2, 0) is 10.0 Å². The van der Waals surface area contributed by atoms with Crippen LogP contribution in [0.15, 0.2) is 0 Å². The van der Waals surface area contributed by atoms with Crippen LogP contribution >= 0.6 is 0 Å². The van der Waals surface area contributed by atoms with E-state index in [9.17, 15) is 13.2 Å². The zero-order valence-corrected chi connectivity index (χ0v) is 11.3. The average Bonchev–Trinajstić information content (AvgIpc) is 2.76. The molecule has 2 aliphatic rings. The van der Waals surface area contributed by atoms with Gasteiger partial charge in [-0.05, 0) is 12.8 Å². The van der Waals surface area contributed by atoms with Crippen LogP contribution < -0.4 is 10.0 Å². The van der Waals surface area contributed by atoms with Gasteiger partial charge in [-0.3, -0.25) is 0 Å². The van der Waals surface area contributed by atoms with Gasteiger partial charge in [-0.2, -0.15) is 0 Å². The quantitative estimate of drug-likeness (QED) is 0.755. The van der Waals surface area contributed by atoms with E-state index < -0.39 is 10.0 Å². The van der Waals surface area contributed by atoms with Gasteiger partial charge in [0.05, 0.1) is 5.25 Å². The lowest BCUT2D eigenvalue weighted by Gasteiger charge is -2.22. The number of nitrogens with zero attached hydrogens (tertiary/aromatic N) is 1. The van der Waals surface area contributed by atoms with Gasteiger partial charge >= 0.3 is 6.03 Å². The molecule has 0 atom stereocenters. The molecule has 1 saturated carbocycles.